The highest BCUT2D eigenvalue weighted by molar-refractivity contribution is 5.73. The van der Waals surface area contributed by atoms with Crippen molar-refractivity contribution in [3.8, 4) is 0 Å². The summed E-state index contributed by atoms with van der Waals surface area (Å²) >= 11 is 0. The van der Waals surface area contributed by atoms with E-state index in [1.165, 1.54) is 5.57 Å². The predicted molar refractivity (Wildman–Crippen MR) is 75.6 cm³/mol. The van der Waals surface area contributed by atoms with E-state index in [-0.39, 0.29) is 5.91 Å². The molecule has 1 heterocycles. The van der Waals surface area contributed by atoms with Gasteiger partial charge in [0.25, 0.3) is 0 Å². The topological polar surface area (TPSA) is 44.4 Å². The molecule has 1 aliphatic heterocycles. The van der Waals surface area contributed by atoms with Crippen LogP contribution >= 0.6 is 0 Å². The number of carbonyl (C=O) groups excluding carboxylic acids is 1. The van der Waals surface area contributed by atoms with Crippen LogP contribution in [0.1, 0.15) is 33.1 Å². The number of nitrogens with zero attached hydrogens (tertiary/aromatic N) is 1. The average Bonchev–Trinajstić information content (AvgIpc) is 2.31. The molecular formula is C14H27N3O. The Morgan fingerprint density at radius 1 is 1.39 bits per heavy atom. The first-order valence-electron chi connectivity index (χ1n) is 6.98. The SMILES string of the molecule is C=C(CNCCC)CN1CCC(NC(C)=O)CC1. The lowest BCUT2D eigenvalue weighted by atomic mass is 10.0. The van der Waals surface area contributed by atoms with E-state index in [4.69, 9.17) is 0 Å². The van der Waals surface area contributed by atoms with E-state index in [2.05, 4.69) is 29.0 Å². The summed E-state index contributed by atoms with van der Waals surface area (Å²) < 4.78 is 0. The lowest BCUT2D eigenvalue weighted by molar-refractivity contribution is -0.119. The Kier molecular flexibility index (Phi) is 6.98. The zero-order valence-electron chi connectivity index (χ0n) is 11.8. The van der Waals surface area contributed by atoms with E-state index < -0.39 is 0 Å². The van der Waals surface area contributed by atoms with E-state index in [1.54, 1.807) is 6.92 Å². The van der Waals surface area contributed by atoms with Crippen molar-refractivity contribution in [2.45, 2.75) is 39.2 Å². The smallest absolute Gasteiger partial charge is 0.217 e. The molecule has 0 aromatic rings. The highest BCUT2D eigenvalue weighted by Gasteiger charge is 2.19. The maximum Gasteiger partial charge on any atom is 0.217 e. The second kappa shape index (κ2) is 8.27. The Balaban J connectivity index is 2.14. The molecule has 0 radical (unpaired) electrons. The van der Waals surface area contributed by atoms with Gasteiger partial charge in [-0.3, -0.25) is 9.69 Å². The summed E-state index contributed by atoms with van der Waals surface area (Å²) in [6.45, 7) is 12.9. The fraction of sp³-hybridized carbons (Fsp3) is 0.786. The van der Waals surface area contributed by atoms with Gasteiger partial charge in [0, 0.05) is 39.1 Å². The lowest BCUT2D eigenvalue weighted by Gasteiger charge is -2.32. The number of amides is 1. The van der Waals surface area contributed by atoms with Crippen molar-refractivity contribution < 1.29 is 4.79 Å². The molecule has 0 spiro atoms. The van der Waals surface area contributed by atoms with Gasteiger partial charge in [-0.2, -0.15) is 0 Å². The quantitative estimate of drug-likeness (QED) is 0.528. The lowest BCUT2D eigenvalue weighted by Crippen LogP contribution is -2.44. The van der Waals surface area contributed by atoms with E-state index in [0.29, 0.717) is 6.04 Å². The molecule has 0 saturated carbocycles. The minimum atomic E-state index is 0.0848. The minimum absolute atomic E-state index is 0.0848. The van der Waals surface area contributed by atoms with Crippen molar-refractivity contribution >= 4 is 5.91 Å². The molecule has 1 rings (SSSR count). The maximum absolute atomic E-state index is 11.0. The van der Waals surface area contributed by atoms with Crippen LogP contribution in [0, 0.1) is 0 Å². The summed E-state index contributed by atoms with van der Waals surface area (Å²) in [5.41, 5.74) is 1.25. The first kappa shape index (κ1) is 15.2. The van der Waals surface area contributed by atoms with Crippen molar-refractivity contribution in [3.05, 3.63) is 12.2 Å². The zero-order valence-corrected chi connectivity index (χ0v) is 11.8. The second-order valence-electron chi connectivity index (χ2n) is 5.18. The summed E-state index contributed by atoms with van der Waals surface area (Å²) in [5, 5.41) is 6.37. The molecule has 2 N–H and O–H groups in total. The molecule has 0 bridgehead atoms. The Morgan fingerprint density at radius 2 is 2.06 bits per heavy atom. The van der Waals surface area contributed by atoms with Crippen LogP contribution in [0.5, 0.6) is 0 Å². The van der Waals surface area contributed by atoms with Crippen LogP contribution in [0.25, 0.3) is 0 Å². The van der Waals surface area contributed by atoms with Gasteiger partial charge in [0.1, 0.15) is 0 Å². The highest BCUT2D eigenvalue weighted by Crippen LogP contribution is 2.11. The molecule has 0 atom stereocenters. The highest BCUT2D eigenvalue weighted by atomic mass is 16.1. The third kappa shape index (κ3) is 6.17. The van der Waals surface area contributed by atoms with Gasteiger partial charge in [-0.15, -0.1) is 0 Å². The molecule has 104 valence electrons. The molecule has 1 saturated heterocycles. The van der Waals surface area contributed by atoms with Crippen molar-refractivity contribution in [1.29, 1.82) is 0 Å². The van der Waals surface area contributed by atoms with Gasteiger partial charge in [0.05, 0.1) is 0 Å². The minimum Gasteiger partial charge on any atom is -0.354 e. The van der Waals surface area contributed by atoms with Gasteiger partial charge >= 0.3 is 0 Å². The fourth-order valence-electron chi connectivity index (χ4n) is 2.34. The van der Waals surface area contributed by atoms with Gasteiger partial charge in [-0.25, -0.2) is 0 Å². The van der Waals surface area contributed by atoms with Gasteiger partial charge in [0.2, 0.25) is 5.91 Å². The van der Waals surface area contributed by atoms with Crippen molar-refractivity contribution in [2.24, 2.45) is 0 Å². The van der Waals surface area contributed by atoms with Crippen molar-refractivity contribution in [2.75, 3.05) is 32.7 Å². The van der Waals surface area contributed by atoms with Gasteiger partial charge in [0.15, 0.2) is 0 Å². The molecule has 4 nitrogen and oxygen atoms in total. The summed E-state index contributed by atoms with van der Waals surface area (Å²) in [4.78, 5) is 13.4. The van der Waals surface area contributed by atoms with E-state index in [1.807, 2.05) is 0 Å². The number of piperidine rings is 1. The van der Waals surface area contributed by atoms with Crippen molar-refractivity contribution in [1.82, 2.24) is 15.5 Å². The second-order valence-corrected chi connectivity index (χ2v) is 5.18. The first-order chi connectivity index (χ1) is 8.61. The Hall–Kier alpha value is -0.870. The number of hydrogen-bond donors (Lipinski definition) is 2. The Bertz CT molecular complexity index is 270. The average molecular weight is 253 g/mol. The summed E-state index contributed by atoms with van der Waals surface area (Å²) in [6.07, 6.45) is 3.26. The van der Waals surface area contributed by atoms with E-state index in [0.717, 1.165) is 52.0 Å². The van der Waals surface area contributed by atoms with Crippen LogP contribution in [-0.4, -0.2) is 49.6 Å². The number of likely N-dealkylation sites (tertiary alicyclic amines) is 1. The summed E-state index contributed by atoms with van der Waals surface area (Å²) in [6, 6.07) is 0.366. The van der Waals surface area contributed by atoms with Crippen LogP contribution in [0.3, 0.4) is 0 Å². The van der Waals surface area contributed by atoms with Crippen LogP contribution in [0.2, 0.25) is 0 Å². The normalized spacial score (nSPS) is 17.7. The van der Waals surface area contributed by atoms with Crippen LogP contribution < -0.4 is 10.6 Å². The molecule has 0 aromatic heterocycles. The van der Waals surface area contributed by atoms with Crippen LogP contribution in [-0.2, 0) is 4.79 Å². The molecule has 0 aromatic carbocycles. The molecule has 18 heavy (non-hydrogen) atoms. The first-order valence-corrected chi connectivity index (χ1v) is 6.98. The molecule has 1 fully saturated rings. The number of hydrogen-bond acceptors (Lipinski definition) is 3. The van der Waals surface area contributed by atoms with Crippen LogP contribution in [0.15, 0.2) is 12.2 Å². The van der Waals surface area contributed by atoms with Crippen molar-refractivity contribution in [3.63, 3.8) is 0 Å². The fourth-order valence-corrected chi connectivity index (χ4v) is 2.34. The van der Waals surface area contributed by atoms with Gasteiger partial charge < -0.3 is 10.6 Å². The number of carbonyl (C=O) groups is 1. The summed E-state index contributed by atoms with van der Waals surface area (Å²) in [5.74, 6) is 0.0848. The molecule has 1 amide bonds. The monoisotopic (exact) mass is 253 g/mol. The third-order valence-electron chi connectivity index (χ3n) is 3.24. The number of nitrogens with one attached hydrogen (secondary N) is 2. The third-order valence-corrected chi connectivity index (χ3v) is 3.24. The van der Waals surface area contributed by atoms with Gasteiger partial charge in [-0.1, -0.05) is 13.5 Å². The summed E-state index contributed by atoms with van der Waals surface area (Å²) in [7, 11) is 0. The molecule has 4 heteroatoms. The largest absolute Gasteiger partial charge is 0.354 e. The Labute approximate surface area is 111 Å². The molecule has 0 unspecified atom stereocenters. The zero-order chi connectivity index (χ0) is 13.4. The van der Waals surface area contributed by atoms with E-state index in [9.17, 15) is 4.79 Å². The molecular weight excluding hydrogens is 226 g/mol. The van der Waals surface area contributed by atoms with Crippen LogP contribution in [0.4, 0.5) is 0 Å². The number of rotatable bonds is 7. The molecule has 0 aliphatic carbocycles. The standard InChI is InChI=1S/C14H27N3O/c1-4-7-15-10-12(2)11-17-8-5-14(6-9-17)16-13(3)18/h14-15H,2,4-11H2,1,3H3,(H,16,18). The predicted octanol–water partition coefficient (Wildman–Crippen LogP) is 1.14. The molecule has 1 aliphatic rings. The van der Waals surface area contributed by atoms with Gasteiger partial charge in [-0.05, 0) is 31.4 Å². The Morgan fingerprint density at radius 3 is 2.61 bits per heavy atom. The maximum atomic E-state index is 11.0. The van der Waals surface area contributed by atoms with E-state index >= 15 is 0 Å².